The number of benzene rings is 4. The fourth-order valence-corrected chi connectivity index (χ4v) is 8.50. The molecule has 3 aliphatic rings. The zero-order valence-corrected chi connectivity index (χ0v) is 27.3. The van der Waals surface area contributed by atoms with Gasteiger partial charge in [-0.15, -0.1) is 0 Å². The molecule has 4 aromatic rings. The lowest BCUT2D eigenvalue weighted by atomic mass is 9.70. The first-order chi connectivity index (χ1) is 20.1. The lowest BCUT2D eigenvalue weighted by Gasteiger charge is -2.33. The van der Waals surface area contributed by atoms with Crippen LogP contribution in [0.3, 0.4) is 0 Å². The Morgan fingerprint density at radius 2 is 0.927 bits per heavy atom. The van der Waals surface area contributed by atoms with Gasteiger partial charge in [0.25, 0.3) is 0 Å². The van der Waals surface area contributed by atoms with E-state index in [1.165, 1.54) is 121 Å². The average molecular weight is 669 g/mol. The zero-order valence-electron chi connectivity index (χ0n) is 24.1. The molecule has 0 fully saturated rings. The molecule has 0 amide bonds. The van der Waals surface area contributed by atoms with Crippen molar-refractivity contribution in [1.29, 1.82) is 0 Å². The minimum atomic E-state index is 0.101. The number of fused-ring (bicyclic) bond motifs is 5. The van der Waals surface area contributed by atoms with Gasteiger partial charge in [-0.1, -0.05) is 106 Å². The van der Waals surface area contributed by atoms with Gasteiger partial charge in [0.05, 0.1) is 0 Å². The van der Waals surface area contributed by atoms with Gasteiger partial charge < -0.3 is 0 Å². The van der Waals surface area contributed by atoms with E-state index in [-0.39, 0.29) is 5.41 Å². The molecule has 210 valence electrons. The molecule has 0 spiro atoms. The highest BCUT2D eigenvalue weighted by molar-refractivity contribution is 9.10. The first kappa shape index (κ1) is 27.7. The molecule has 0 saturated carbocycles. The standard InChI is InChI=1S/C39H40Br2/c40-33-17-19-35-36-20-18-34(41)26-38(36)39(37(35)25-33,21-5-1-3-7-27-9-11-29-13-15-31(29)23-27)22-6-2-4-8-28-10-12-30-14-16-32(30)24-28/h9-12,17-20,23-26H,1-8,13-16,21-22H2. The summed E-state index contributed by atoms with van der Waals surface area (Å²) in [5.74, 6) is 0. The Kier molecular flexibility index (Phi) is 7.99. The van der Waals surface area contributed by atoms with Crippen molar-refractivity contribution >= 4 is 31.9 Å². The van der Waals surface area contributed by atoms with E-state index in [2.05, 4.69) is 105 Å². The third-order valence-electron chi connectivity index (χ3n) is 10.3. The van der Waals surface area contributed by atoms with Crippen LogP contribution in [0, 0.1) is 0 Å². The lowest BCUT2D eigenvalue weighted by Crippen LogP contribution is -2.25. The van der Waals surface area contributed by atoms with Crippen LogP contribution in [0.1, 0.15) is 95.9 Å². The molecule has 0 N–H and O–H groups in total. The molecule has 0 saturated heterocycles. The number of aryl methyl sites for hydroxylation is 6. The molecule has 41 heavy (non-hydrogen) atoms. The Hall–Kier alpha value is -2.16. The number of halogens is 2. The zero-order chi connectivity index (χ0) is 27.8. The predicted octanol–water partition coefficient (Wildman–Crippen LogP) is 11.3. The Labute approximate surface area is 263 Å². The van der Waals surface area contributed by atoms with Gasteiger partial charge in [0.1, 0.15) is 0 Å². The molecular formula is C39H40Br2. The molecule has 0 aliphatic heterocycles. The van der Waals surface area contributed by atoms with E-state index in [9.17, 15) is 0 Å². The van der Waals surface area contributed by atoms with Gasteiger partial charge in [-0.25, -0.2) is 0 Å². The fourth-order valence-electron chi connectivity index (χ4n) is 7.78. The van der Waals surface area contributed by atoms with Crippen LogP contribution in [0.15, 0.2) is 81.7 Å². The molecule has 2 heteroatoms. The van der Waals surface area contributed by atoms with Gasteiger partial charge in [0.2, 0.25) is 0 Å². The van der Waals surface area contributed by atoms with Crippen molar-refractivity contribution in [3.05, 3.63) is 126 Å². The molecule has 0 aromatic heterocycles. The van der Waals surface area contributed by atoms with Crippen LogP contribution >= 0.6 is 31.9 Å². The molecular weight excluding hydrogens is 628 g/mol. The van der Waals surface area contributed by atoms with Crippen LogP contribution in [0.5, 0.6) is 0 Å². The number of rotatable bonds is 12. The highest BCUT2D eigenvalue weighted by Crippen LogP contribution is 2.55. The second-order valence-corrected chi connectivity index (χ2v) is 14.6. The van der Waals surface area contributed by atoms with Crippen molar-refractivity contribution < 1.29 is 0 Å². The van der Waals surface area contributed by atoms with Crippen molar-refractivity contribution in [2.75, 3.05) is 0 Å². The third-order valence-corrected chi connectivity index (χ3v) is 11.3. The molecule has 0 bridgehead atoms. The van der Waals surface area contributed by atoms with Crippen LogP contribution in [0.4, 0.5) is 0 Å². The van der Waals surface area contributed by atoms with Gasteiger partial charge in [-0.2, -0.15) is 0 Å². The van der Waals surface area contributed by atoms with Crippen molar-refractivity contribution in [1.82, 2.24) is 0 Å². The van der Waals surface area contributed by atoms with Gasteiger partial charge in [-0.3, -0.25) is 0 Å². The molecule has 3 aliphatic carbocycles. The molecule has 0 atom stereocenters. The molecule has 0 heterocycles. The van der Waals surface area contributed by atoms with Gasteiger partial charge in [0, 0.05) is 14.4 Å². The second-order valence-electron chi connectivity index (χ2n) is 12.8. The summed E-state index contributed by atoms with van der Waals surface area (Å²) in [7, 11) is 0. The smallest absolute Gasteiger partial charge is 0.0216 e. The van der Waals surface area contributed by atoms with Gasteiger partial charge >= 0.3 is 0 Å². The van der Waals surface area contributed by atoms with E-state index >= 15 is 0 Å². The van der Waals surface area contributed by atoms with E-state index in [1.807, 2.05) is 0 Å². The van der Waals surface area contributed by atoms with Gasteiger partial charge in [-0.05, 0) is 144 Å². The van der Waals surface area contributed by atoms with Crippen LogP contribution in [-0.4, -0.2) is 0 Å². The molecule has 0 unspecified atom stereocenters. The van der Waals surface area contributed by atoms with Crippen molar-refractivity contribution in [2.45, 2.75) is 95.3 Å². The minimum absolute atomic E-state index is 0.101. The minimum Gasteiger partial charge on any atom is -0.0588 e. The van der Waals surface area contributed by atoms with Crippen molar-refractivity contribution in [3.63, 3.8) is 0 Å². The van der Waals surface area contributed by atoms with Crippen LogP contribution in [0.2, 0.25) is 0 Å². The first-order valence-electron chi connectivity index (χ1n) is 15.9. The SMILES string of the molecule is Brc1ccc2c(c1)C(CCCCCc1ccc3c(c1)CC3)(CCCCCc1ccc3c(c1)CC3)c1cc(Br)ccc1-2. The molecule has 7 rings (SSSR count). The summed E-state index contributed by atoms with van der Waals surface area (Å²) in [6.07, 6.45) is 17.7. The summed E-state index contributed by atoms with van der Waals surface area (Å²) < 4.78 is 2.41. The van der Waals surface area contributed by atoms with E-state index in [0.717, 1.165) is 0 Å². The monoisotopic (exact) mass is 666 g/mol. The highest BCUT2D eigenvalue weighted by Gasteiger charge is 2.42. The summed E-state index contributed by atoms with van der Waals surface area (Å²) >= 11 is 7.67. The predicted molar refractivity (Wildman–Crippen MR) is 180 cm³/mol. The highest BCUT2D eigenvalue weighted by atomic mass is 79.9. The third kappa shape index (κ3) is 5.52. The molecule has 0 radical (unpaired) electrons. The fraction of sp³-hybridized carbons (Fsp3) is 0.385. The van der Waals surface area contributed by atoms with E-state index in [1.54, 1.807) is 33.4 Å². The number of hydrogen-bond acceptors (Lipinski definition) is 0. The maximum atomic E-state index is 3.84. The topological polar surface area (TPSA) is 0 Å². The maximum absolute atomic E-state index is 3.84. The summed E-state index contributed by atoms with van der Waals surface area (Å²) in [4.78, 5) is 0. The summed E-state index contributed by atoms with van der Waals surface area (Å²) in [5.41, 5.74) is 15.5. The number of unbranched alkanes of at least 4 members (excludes halogenated alkanes) is 4. The maximum Gasteiger partial charge on any atom is 0.0216 e. The van der Waals surface area contributed by atoms with E-state index in [4.69, 9.17) is 0 Å². The molecule has 0 nitrogen and oxygen atoms in total. The van der Waals surface area contributed by atoms with Crippen molar-refractivity contribution in [2.24, 2.45) is 0 Å². The summed E-state index contributed by atoms with van der Waals surface area (Å²) in [5, 5.41) is 0. The van der Waals surface area contributed by atoms with E-state index in [0.29, 0.717) is 0 Å². The quantitative estimate of drug-likeness (QED) is 0.132. The number of hydrogen-bond donors (Lipinski definition) is 0. The first-order valence-corrected chi connectivity index (χ1v) is 17.5. The van der Waals surface area contributed by atoms with Crippen LogP contribution < -0.4 is 0 Å². The van der Waals surface area contributed by atoms with Crippen LogP contribution in [0.25, 0.3) is 11.1 Å². The Bertz CT molecular complexity index is 1460. The summed E-state index contributed by atoms with van der Waals surface area (Å²) in [6, 6.07) is 28.5. The normalized spacial score (nSPS) is 15.4. The molecule has 4 aromatic carbocycles. The Morgan fingerprint density at radius 1 is 0.463 bits per heavy atom. The summed E-state index contributed by atoms with van der Waals surface area (Å²) in [6.45, 7) is 0. The largest absolute Gasteiger partial charge is 0.0588 e. The Balaban J connectivity index is 1.05. The Morgan fingerprint density at radius 3 is 1.34 bits per heavy atom. The second kappa shape index (κ2) is 11.8. The lowest BCUT2D eigenvalue weighted by molar-refractivity contribution is 0.401. The van der Waals surface area contributed by atoms with Crippen LogP contribution in [-0.2, 0) is 43.9 Å². The van der Waals surface area contributed by atoms with E-state index < -0.39 is 0 Å². The van der Waals surface area contributed by atoms with Crippen molar-refractivity contribution in [3.8, 4) is 11.1 Å². The van der Waals surface area contributed by atoms with Gasteiger partial charge in [0.15, 0.2) is 0 Å². The average Bonchev–Trinajstić information content (AvgIpc) is 3.19.